The van der Waals surface area contributed by atoms with Gasteiger partial charge in [-0.25, -0.2) is 0 Å². The minimum Gasteiger partial charge on any atom is -0.502 e. The number of esters is 1. The average molecular weight is 484 g/mol. The fourth-order valence-electron chi connectivity index (χ4n) is 3.68. The summed E-state index contributed by atoms with van der Waals surface area (Å²) < 4.78 is 168. The van der Waals surface area contributed by atoms with Gasteiger partial charge in [0, 0.05) is 0 Å². The molecule has 4 unspecified atom stereocenters. The SMILES string of the molecule is C=COCCCCOC(=O)C1C(C(F)(F)F)C(C(F)(F)F)C(C(F)(F)F)C1C(F)(F)F. The van der Waals surface area contributed by atoms with Crippen molar-refractivity contribution in [3.8, 4) is 0 Å². The third-order valence-corrected chi connectivity index (χ3v) is 4.74. The first-order valence-electron chi connectivity index (χ1n) is 8.51. The van der Waals surface area contributed by atoms with E-state index in [4.69, 9.17) is 0 Å². The summed E-state index contributed by atoms with van der Waals surface area (Å²) in [6.45, 7) is 2.30. The molecular formula is C16H16F12O3. The maximum Gasteiger partial charge on any atom is 0.393 e. The monoisotopic (exact) mass is 484 g/mol. The van der Waals surface area contributed by atoms with Gasteiger partial charge in [0.15, 0.2) is 0 Å². The van der Waals surface area contributed by atoms with Gasteiger partial charge in [0.05, 0.1) is 49.1 Å². The zero-order valence-electron chi connectivity index (χ0n) is 15.3. The second-order valence-corrected chi connectivity index (χ2v) is 6.71. The topological polar surface area (TPSA) is 35.5 Å². The summed E-state index contributed by atoms with van der Waals surface area (Å²) in [6, 6.07) is 0. The maximum atomic E-state index is 13.3. The van der Waals surface area contributed by atoms with Crippen LogP contribution in [0.4, 0.5) is 52.7 Å². The van der Waals surface area contributed by atoms with Crippen LogP contribution in [0.5, 0.6) is 0 Å². The second kappa shape index (κ2) is 9.35. The van der Waals surface area contributed by atoms with Gasteiger partial charge in [0.2, 0.25) is 0 Å². The number of hydrogen-bond acceptors (Lipinski definition) is 3. The van der Waals surface area contributed by atoms with Crippen molar-refractivity contribution < 1.29 is 67.0 Å². The Morgan fingerprint density at radius 2 is 1.03 bits per heavy atom. The van der Waals surface area contributed by atoms with Crippen LogP contribution in [0.25, 0.3) is 0 Å². The number of unbranched alkanes of at least 4 members (excludes halogenated alkanes) is 1. The Balaban J connectivity index is 3.40. The molecule has 0 amide bonds. The van der Waals surface area contributed by atoms with Crippen molar-refractivity contribution in [3.05, 3.63) is 12.8 Å². The lowest BCUT2D eigenvalue weighted by atomic mass is 9.85. The maximum absolute atomic E-state index is 13.3. The summed E-state index contributed by atoms with van der Waals surface area (Å²) in [7, 11) is 0. The van der Waals surface area contributed by atoms with Crippen molar-refractivity contribution in [2.45, 2.75) is 37.5 Å². The van der Waals surface area contributed by atoms with E-state index in [0.717, 1.165) is 6.26 Å². The molecule has 0 aliphatic heterocycles. The van der Waals surface area contributed by atoms with Crippen LogP contribution in [0, 0.1) is 29.6 Å². The third-order valence-electron chi connectivity index (χ3n) is 4.74. The summed E-state index contributed by atoms with van der Waals surface area (Å²) in [5.74, 6) is -23.8. The van der Waals surface area contributed by atoms with Crippen LogP contribution in [0.3, 0.4) is 0 Å². The summed E-state index contributed by atoms with van der Waals surface area (Å²) in [5, 5.41) is 0. The first-order valence-corrected chi connectivity index (χ1v) is 8.51. The molecule has 1 aliphatic carbocycles. The molecular weight excluding hydrogens is 468 g/mol. The number of rotatable bonds is 7. The van der Waals surface area contributed by atoms with E-state index in [9.17, 15) is 57.5 Å². The van der Waals surface area contributed by atoms with Gasteiger partial charge in [-0.05, 0) is 12.8 Å². The molecule has 0 saturated heterocycles. The minimum atomic E-state index is -6.33. The molecule has 0 bridgehead atoms. The van der Waals surface area contributed by atoms with Gasteiger partial charge >= 0.3 is 30.7 Å². The quantitative estimate of drug-likeness (QED) is 0.198. The third kappa shape index (κ3) is 6.57. The molecule has 31 heavy (non-hydrogen) atoms. The van der Waals surface area contributed by atoms with Gasteiger partial charge in [-0.15, -0.1) is 0 Å². The van der Waals surface area contributed by atoms with Gasteiger partial charge in [-0.1, -0.05) is 6.58 Å². The molecule has 0 radical (unpaired) electrons. The van der Waals surface area contributed by atoms with E-state index < -0.39 is 66.9 Å². The molecule has 182 valence electrons. The predicted molar refractivity (Wildman–Crippen MR) is 78.0 cm³/mol. The van der Waals surface area contributed by atoms with Crippen LogP contribution < -0.4 is 0 Å². The molecule has 0 heterocycles. The van der Waals surface area contributed by atoms with E-state index in [2.05, 4.69) is 16.1 Å². The van der Waals surface area contributed by atoms with E-state index >= 15 is 0 Å². The normalized spacial score (nSPS) is 27.8. The lowest BCUT2D eigenvalue weighted by Gasteiger charge is -2.31. The predicted octanol–water partition coefficient (Wildman–Crippen LogP) is 5.81. The number of alkyl halides is 12. The van der Waals surface area contributed by atoms with E-state index in [-0.39, 0.29) is 19.4 Å². The lowest BCUT2D eigenvalue weighted by molar-refractivity contribution is -0.298. The molecule has 15 heteroatoms. The highest BCUT2D eigenvalue weighted by Crippen LogP contribution is 2.65. The molecule has 0 aromatic carbocycles. The van der Waals surface area contributed by atoms with Crippen molar-refractivity contribution in [1.29, 1.82) is 0 Å². The van der Waals surface area contributed by atoms with Crippen LogP contribution in [0.15, 0.2) is 12.8 Å². The van der Waals surface area contributed by atoms with E-state index in [1.54, 1.807) is 0 Å². The van der Waals surface area contributed by atoms with E-state index in [1.807, 2.05) is 0 Å². The molecule has 0 aromatic rings. The smallest absolute Gasteiger partial charge is 0.393 e. The largest absolute Gasteiger partial charge is 0.502 e. The Morgan fingerprint density at radius 1 is 0.677 bits per heavy atom. The van der Waals surface area contributed by atoms with Gasteiger partial charge in [-0.3, -0.25) is 4.79 Å². The van der Waals surface area contributed by atoms with Crippen molar-refractivity contribution in [2.24, 2.45) is 29.6 Å². The molecule has 1 fully saturated rings. The minimum absolute atomic E-state index is 0.0346. The molecule has 0 aromatic heterocycles. The molecule has 1 saturated carbocycles. The lowest BCUT2D eigenvalue weighted by Crippen LogP contribution is -2.45. The van der Waals surface area contributed by atoms with Crippen molar-refractivity contribution >= 4 is 5.97 Å². The molecule has 0 N–H and O–H groups in total. The molecule has 1 rings (SSSR count). The Kier molecular flexibility index (Phi) is 8.20. The standard InChI is InChI=1S/C16H16F12O3/c1-2-30-5-3-4-6-31-12(29)7-8(13(17,18)19)10(15(23,24)25)11(16(26,27)28)9(7)14(20,21)22/h2,7-11H,1,3-6H2. The Hall–Kier alpha value is -1.83. The summed E-state index contributed by atoms with van der Waals surface area (Å²) in [4.78, 5) is 12.0. The average Bonchev–Trinajstić information content (AvgIpc) is 2.95. The van der Waals surface area contributed by atoms with Gasteiger partial charge in [0.25, 0.3) is 0 Å². The van der Waals surface area contributed by atoms with Crippen LogP contribution in [-0.4, -0.2) is 43.9 Å². The summed E-state index contributed by atoms with van der Waals surface area (Å²) >= 11 is 0. The summed E-state index contributed by atoms with van der Waals surface area (Å²) in [5.41, 5.74) is 0. The first-order chi connectivity index (χ1) is 13.8. The van der Waals surface area contributed by atoms with Crippen molar-refractivity contribution in [3.63, 3.8) is 0 Å². The summed E-state index contributed by atoms with van der Waals surface area (Å²) in [6.07, 6.45) is -24.2. The second-order valence-electron chi connectivity index (χ2n) is 6.71. The van der Waals surface area contributed by atoms with Gasteiger partial charge in [-0.2, -0.15) is 52.7 Å². The highest BCUT2D eigenvalue weighted by atomic mass is 19.4. The molecule has 1 aliphatic rings. The van der Waals surface area contributed by atoms with Crippen LogP contribution in [0.1, 0.15) is 12.8 Å². The van der Waals surface area contributed by atoms with Gasteiger partial charge < -0.3 is 9.47 Å². The Morgan fingerprint density at radius 3 is 1.35 bits per heavy atom. The Labute approximate surface area is 167 Å². The van der Waals surface area contributed by atoms with Crippen LogP contribution in [0.2, 0.25) is 0 Å². The van der Waals surface area contributed by atoms with Crippen LogP contribution in [-0.2, 0) is 14.3 Å². The fourth-order valence-corrected chi connectivity index (χ4v) is 3.68. The number of hydrogen-bond donors (Lipinski definition) is 0. The van der Waals surface area contributed by atoms with Crippen molar-refractivity contribution in [1.82, 2.24) is 0 Å². The van der Waals surface area contributed by atoms with E-state index in [1.165, 1.54) is 0 Å². The zero-order chi connectivity index (χ0) is 24.4. The highest BCUT2D eigenvalue weighted by molar-refractivity contribution is 5.74. The fraction of sp³-hybridized carbons (Fsp3) is 0.812. The molecule has 3 nitrogen and oxygen atoms in total. The zero-order valence-corrected chi connectivity index (χ0v) is 15.3. The molecule has 4 atom stereocenters. The highest BCUT2D eigenvalue weighted by Gasteiger charge is 2.79. The van der Waals surface area contributed by atoms with Crippen molar-refractivity contribution in [2.75, 3.05) is 13.2 Å². The van der Waals surface area contributed by atoms with Crippen LogP contribution >= 0.6 is 0 Å². The first kappa shape index (κ1) is 27.2. The van der Waals surface area contributed by atoms with E-state index in [0.29, 0.717) is 0 Å². The Bertz CT molecular complexity index is 581. The van der Waals surface area contributed by atoms with Gasteiger partial charge in [0.1, 0.15) is 0 Å². The number of carbonyl (C=O) groups is 1. The number of halogens is 12. The number of carbonyl (C=O) groups excluding carboxylic acids is 1. The number of ether oxygens (including phenoxy) is 2. The molecule has 0 spiro atoms.